The maximum Gasteiger partial charge on any atom is 0.147 e. The minimum absolute atomic E-state index is 0.802. The van der Waals surface area contributed by atoms with E-state index in [2.05, 4.69) is 54.9 Å². The van der Waals surface area contributed by atoms with Gasteiger partial charge in [0.15, 0.2) is 0 Å². The summed E-state index contributed by atoms with van der Waals surface area (Å²) in [6.45, 7) is 6.89. The van der Waals surface area contributed by atoms with Gasteiger partial charge >= 0.3 is 0 Å². The lowest BCUT2D eigenvalue weighted by atomic mass is 10.0. The van der Waals surface area contributed by atoms with E-state index in [-0.39, 0.29) is 0 Å². The zero-order chi connectivity index (χ0) is 15.2. The maximum atomic E-state index is 4.42. The Morgan fingerprint density at radius 1 is 0.957 bits per heavy atom. The number of hydrogen-bond acceptors (Lipinski definition) is 4. The molecule has 4 heterocycles. The Balaban J connectivity index is 1.24. The van der Waals surface area contributed by atoms with Gasteiger partial charge in [0.1, 0.15) is 11.6 Å². The average Bonchev–Trinajstić information content (AvgIpc) is 3.30. The molecule has 0 N–H and O–H groups in total. The number of nitrogens with zero attached hydrogens (tertiary/aromatic N) is 5. The van der Waals surface area contributed by atoms with Crippen LogP contribution in [0.4, 0.5) is 5.69 Å². The highest BCUT2D eigenvalue weighted by molar-refractivity contribution is 5.47. The second kappa shape index (κ2) is 5.34. The van der Waals surface area contributed by atoms with Crippen molar-refractivity contribution in [2.24, 2.45) is 11.8 Å². The van der Waals surface area contributed by atoms with Gasteiger partial charge < -0.3 is 9.47 Å². The predicted octanol–water partition coefficient (Wildman–Crippen LogP) is 1.79. The summed E-state index contributed by atoms with van der Waals surface area (Å²) in [5.74, 6) is 3.97. The number of hydrogen-bond donors (Lipinski definition) is 0. The summed E-state index contributed by atoms with van der Waals surface area (Å²) in [5.41, 5.74) is 1.38. The van der Waals surface area contributed by atoms with Gasteiger partial charge in [-0.25, -0.2) is 0 Å². The normalized spacial score (nSPS) is 26.7. The lowest BCUT2D eigenvalue weighted by molar-refractivity contribution is 0.296. The fraction of sp³-hybridized carbons (Fsp3) is 0.556. The Morgan fingerprint density at radius 3 is 2.52 bits per heavy atom. The number of fused-ring (bicyclic) bond motifs is 2. The van der Waals surface area contributed by atoms with E-state index in [1.54, 1.807) is 0 Å². The van der Waals surface area contributed by atoms with Crippen molar-refractivity contribution in [2.45, 2.75) is 25.9 Å². The van der Waals surface area contributed by atoms with E-state index in [0.29, 0.717) is 0 Å². The number of likely N-dealkylation sites (tertiary alicyclic amines) is 1. The van der Waals surface area contributed by atoms with Crippen LogP contribution in [0.1, 0.15) is 18.1 Å². The van der Waals surface area contributed by atoms with Crippen molar-refractivity contribution in [3.05, 3.63) is 42.0 Å². The summed E-state index contributed by atoms with van der Waals surface area (Å²) in [5, 5.41) is 8.76. The minimum Gasteiger partial charge on any atom is -0.371 e. The first-order valence-corrected chi connectivity index (χ1v) is 8.80. The Hall–Kier alpha value is -1.88. The van der Waals surface area contributed by atoms with Crippen LogP contribution in [-0.4, -0.2) is 45.8 Å². The quantitative estimate of drug-likeness (QED) is 0.866. The molecule has 2 aromatic rings. The highest BCUT2D eigenvalue weighted by Crippen LogP contribution is 2.34. The first-order valence-electron chi connectivity index (χ1n) is 8.80. The van der Waals surface area contributed by atoms with Crippen LogP contribution in [0.25, 0.3) is 0 Å². The third-order valence-electron chi connectivity index (χ3n) is 5.73. The molecular weight excluding hydrogens is 286 g/mol. The van der Waals surface area contributed by atoms with Crippen LogP contribution in [0.2, 0.25) is 0 Å². The summed E-state index contributed by atoms with van der Waals surface area (Å²) in [4.78, 5) is 5.15. The van der Waals surface area contributed by atoms with Gasteiger partial charge in [0, 0.05) is 44.8 Å². The van der Waals surface area contributed by atoms with Gasteiger partial charge in [-0.05, 0) is 30.4 Å². The molecule has 0 radical (unpaired) electrons. The second-order valence-electron chi connectivity index (χ2n) is 7.24. The highest BCUT2D eigenvalue weighted by atomic mass is 15.3. The van der Waals surface area contributed by atoms with Crippen LogP contribution in [0.5, 0.6) is 0 Å². The summed E-state index contributed by atoms with van der Waals surface area (Å²) >= 11 is 0. The lowest BCUT2D eigenvalue weighted by Crippen LogP contribution is -2.29. The molecule has 1 aromatic carbocycles. The van der Waals surface area contributed by atoms with Gasteiger partial charge in [0.05, 0.1) is 6.54 Å². The van der Waals surface area contributed by atoms with Crippen molar-refractivity contribution >= 4 is 5.69 Å². The van der Waals surface area contributed by atoms with Crippen molar-refractivity contribution < 1.29 is 0 Å². The zero-order valence-electron chi connectivity index (χ0n) is 13.4. The number of benzene rings is 1. The number of para-hydroxylation sites is 1. The predicted molar refractivity (Wildman–Crippen MR) is 89.3 cm³/mol. The van der Waals surface area contributed by atoms with Gasteiger partial charge in [-0.3, -0.25) is 4.90 Å². The van der Waals surface area contributed by atoms with Crippen LogP contribution in [0.3, 0.4) is 0 Å². The summed E-state index contributed by atoms with van der Waals surface area (Å²) in [6, 6.07) is 10.8. The van der Waals surface area contributed by atoms with Crippen LogP contribution in [0.15, 0.2) is 30.3 Å². The molecule has 0 aliphatic carbocycles. The molecule has 5 rings (SSSR count). The topological polar surface area (TPSA) is 37.2 Å². The first-order chi connectivity index (χ1) is 11.4. The molecule has 3 aliphatic heterocycles. The molecule has 2 atom stereocenters. The molecule has 0 spiro atoms. The summed E-state index contributed by atoms with van der Waals surface area (Å²) in [6.07, 6.45) is 2.33. The summed E-state index contributed by atoms with van der Waals surface area (Å²) in [7, 11) is 0. The SMILES string of the molecule is c1ccc(N2CC3CN(Cc4nnc5n4CCC5)CC3C2)cc1. The molecule has 5 heteroatoms. The van der Waals surface area contributed by atoms with E-state index in [1.165, 1.54) is 49.9 Å². The van der Waals surface area contributed by atoms with E-state index in [0.717, 1.165) is 31.3 Å². The molecule has 0 bridgehead atoms. The Morgan fingerprint density at radius 2 is 1.74 bits per heavy atom. The smallest absolute Gasteiger partial charge is 0.147 e. The second-order valence-corrected chi connectivity index (χ2v) is 7.24. The molecule has 1 aromatic heterocycles. The molecule has 0 amide bonds. The first kappa shape index (κ1) is 13.5. The monoisotopic (exact) mass is 309 g/mol. The molecule has 23 heavy (non-hydrogen) atoms. The Labute approximate surface area is 136 Å². The molecular formula is C18H23N5. The van der Waals surface area contributed by atoms with Gasteiger partial charge in [-0.15, -0.1) is 10.2 Å². The van der Waals surface area contributed by atoms with Gasteiger partial charge in [-0.1, -0.05) is 18.2 Å². The Kier molecular flexibility index (Phi) is 3.14. The largest absolute Gasteiger partial charge is 0.371 e. The maximum absolute atomic E-state index is 4.42. The molecule has 2 fully saturated rings. The van der Waals surface area contributed by atoms with Crippen molar-refractivity contribution in [1.29, 1.82) is 0 Å². The molecule has 5 nitrogen and oxygen atoms in total. The molecule has 0 saturated carbocycles. The molecule has 3 aliphatic rings. The van der Waals surface area contributed by atoms with Crippen LogP contribution >= 0.6 is 0 Å². The molecule has 2 saturated heterocycles. The zero-order valence-corrected chi connectivity index (χ0v) is 13.4. The Bertz CT molecular complexity index is 681. The van der Waals surface area contributed by atoms with Crippen molar-refractivity contribution in [2.75, 3.05) is 31.1 Å². The van der Waals surface area contributed by atoms with Gasteiger partial charge in [-0.2, -0.15) is 0 Å². The van der Waals surface area contributed by atoms with E-state index in [4.69, 9.17) is 0 Å². The lowest BCUT2D eigenvalue weighted by Gasteiger charge is -2.22. The summed E-state index contributed by atoms with van der Waals surface area (Å²) < 4.78 is 2.34. The van der Waals surface area contributed by atoms with E-state index < -0.39 is 0 Å². The van der Waals surface area contributed by atoms with Crippen molar-refractivity contribution in [3.63, 3.8) is 0 Å². The van der Waals surface area contributed by atoms with E-state index in [9.17, 15) is 0 Å². The number of anilines is 1. The van der Waals surface area contributed by atoms with Crippen LogP contribution in [-0.2, 0) is 19.5 Å². The highest BCUT2D eigenvalue weighted by Gasteiger charge is 2.40. The number of aromatic nitrogens is 3. The molecule has 2 unspecified atom stereocenters. The fourth-order valence-electron chi connectivity index (χ4n) is 4.60. The number of aryl methyl sites for hydroxylation is 1. The van der Waals surface area contributed by atoms with Crippen molar-refractivity contribution in [1.82, 2.24) is 19.7 Å². The fourth-order valence-corrected chi connectivity index (χ4v) is 4.60. The molecule has 120 valence electrons. The van der Waals surface area contributed by atoms with E-state index >= 15 is 0 Å². The van der Waals surface area contributed by atoms with Gasteiger partial charge in [0.25, 0.3) is 0 Å². The standard InChI is InChI=1S/C18H23N5/c1-2-5-16(6-3-1)22-11-14-9-21(10-15(14)12-22)13-18-20-19-17-7-4-8-23(17)18/h1-3,5-6,14-15H,4,7-13H2. The van der Waals surface area contributed by atoms with E-state index in [1.807, 2.05) is 0 Å². The third kappa shape index (κ3) is 2.34. The minimum atomic E-state index is 0.802. The van der Waals surface area contributed by atoms with Crippen LogP contribution < -0.4 is 4.90 Å². The average molecular weight is 309 g/mol. The van der Waals surface area contributed by atoms with Crippen LogP contribution in [0, 0.1) is 11.8 Å². The van der Waals surface area contributed by atoms with Crippen molar-refractivity contribution in [3.8, 4) is 0 Å². The third-order valence-corrected chi connectivity index (χ3v) is 5.73. The van der Waals surface area contributed by atoms with Gasteiger partial charge in [0.2, 0.25) is 0 Å². The number of rotatable bonds is 3.